The van der Waals surface area contributed by atoms with Gasteiger partial charge in [-0.2, -0.15) is 0 Å². The molecule has 0 radical (unpaired) electrons. The average Bonchev–Trinajstić information content (AvgIpc) is 3.29. The molecule has 144 valence electrons. The van der Waals surface area contributed by atoms with Gasteiger partial charge in [0.1, 0.15) is 19.3 Å². The fourth-order valence-electron chi connectivity index (χ4n) is 3.98. The molecule has 3 heterocycles. The van der Waals surface area contributed by atoms with Gasteiger partial charge in [-0.25, -0.2) is 0 Å². The van der Waals surface area contributed by atoms with Gasteiger partial charge in [0.15, 0.2) is 11.5 Å². The van der Waals surface area contributed by atoms with Crippen LogP contribution in [0.4, 0.5) is 0 Å². The number of imide groups is 1. The summed E-state index contributed by atoms with van der Waals surface area (Å²) in [6, 6.07) is 4.72. The van der Waals surface area contributed by atoms with E-state index in [1.807, 2.05) is 0 Å². The number of fused-ring (bicyclic) bond motifs is 1. The first-order chi connectivity index (χ1) is 12.6. The Bertz CT molecular complexity index is 696. The highest BCUT2D eigenvalue weighted by Gasteiger charge is 2.40. The van der Waals surface area contributed by atoms with Gasteiger partial charge in [-0.15, -0.1) is 0 Å². The SMILES string of the molecule is O=C1CCC(=O)N1[C@H](CN1CCCC1)[C@H](O)c1ccc2c(c1)OCCO2.[HH].[HH]. The molecule has 4 rings (SSSR count). The number of nitrogens with zero attached hydrogens (tertiary/aromatic N) is 2. The van der Waals surface area contributed by atoms with Gasteiger partial charge in [0, 0.05) is 22.2 Å². The van der Waals surface area contributed by atoms with Gasteiger partial charge >= 0.3 is 0 Å². The molecule has 3 aliphatic heterocycles. The second kappa shape index (κ2) is 7.25. The van der Waals surface area contributed by atoms with Crippen molar-refractivity contribution in [2.24, 2.45) is 0 Å². The minimum absolute atomic E-state index is 0. The second-order valence-electron chi connectivity index (χ2n) is 7.08. The molecule has 1 aromatic carbocycles. The molecule has 7 nitrogen and oxygen atoms in total. The van der Waals surface area contributed by atoms with Crippen LogP contribution < -0.4 is 9.47 Å². The minimum Gasteiger partial charge on any atom is -0.486 e. The quantitative estimate of drug-likeness (QED) is 0.800. The zero-order chi connectivity index (χ0) is 18.1. The summed E-state index contributed by atoms with van der Waals surface area (Å²) in [7, 11) is 0. The Kier molecular flexibility index (Phi) is 4.82. The highest BCUT2D eigenvalue weighted by molar-refractivity contribution is 6.02. The lowest BCUT2D eigenvalue weighted by molar-refractivity contribution is -0.144. The maximum absolute atomic E-state index is 12.3. The van der Waals surface area contributed by atoms with Crippen molar-refractivity contribution in [1.29, 1.82) is 0 Å². The summed E-state index contributed by atoms with van der Waals surface area (Å²) in [5.74, 6) is 0.843. The van der Waals surface area contributed by atoms with E-state index >= 15 is 0 Å². The van der Waals surface area contributed by atoms with Crippen LogP contribution in [-0.4, -0.2) is 65.6 Å². The summed E-state index contributed by atoms with van der Waals surface area (Å²) in [5, 5.41) is 11.1. The number of amides is 2. The monoisotopic (exact) mass is 364 g/mol. The molecule has 0 aliphatic carbocycles. The highest BCUT2D eigenvalue weighted by Crippen LogP contribution is 2.35. The number of carbonyl (C=O) groups is 2. The number of ether oxygens (including phenoxy) is 2. The van der Waals surface area contributed by atoms with Crippen LogP contribution in [0.5, 0.6) is 11.5 Å². The number of hydrogen-bond donors (Lipinski definition) is 1. The van der Waals surface area contributed by atoms with Gasteiger partial charge in [-0.1, -0.05) is 6.07 Å². The number of aliphatic hydroxyl groups excluding tert-OH is 1. The van der Waals surface area contributed by atoms with Crippen molar-refractivity contribution in [1.82, 2.24) is 9.80 Å². The third-order valence-electron chi connectivity index (χ3n) is 5.34. The second-order valence-corrected chi connectivity index (χ2v) is 7.08. The van der Waals surface area contributed by atoms with Crippen LogP contribution in [0.25, 0.3) is 0 Å². The molecule has 0 spiro atoms. The molecule has 0 bridgehead atoms. The third kappa shape index (κ3) is 3.29. The van der Waals surface area contributed by atoms with Crippen LogP contribution in [0.2, 0.25) is 0 Å². The lowest BCUT2D eigenvalue weighted by Gasteiger charge is -2.34. The molecule has 2 fully saturated rings. The summed E-state index contributed by atoms with van der Waals surface area (Å²) in [6.07, 6.45) is 1.70. The molecule has 3 aliphatic rings. The van der Waals surface area contributed by atoms with Crippen molar-refractivity contribution >= 4 is 11.8 Å². The van der Waals surface area contributed by atoms with Gasteiger partial charge in [0.25, 0.3) is 0 Å². The summed E-state index contributed by atoms with van der Waals surface area (Å²) in [6.45, 7) is 3.32. The van der Waals surface area contributed by atoms with Crippen LogP contribution in [0.15, 0.2) is 18.2 Å². The van der Waals surface area contributed by atoms with Crippen molar-refractivity contribution in [2.75, 3.05) is 32.8 Å². The molecule has 7 heteroatoms. The lowest BCUT2D eigenvalue weighted by Crippen LogP contribution is -2.49. The smallest absolute Gasteiger partial charge is 0.230 e. The molecular formula is C19H28N2O5. The van der Waals surface area contributed by atoms with Crippen LogP contribution >= 0.6 is 0 Å². The topological polar surface area (TPSA) is 79.3 Å². The van der Waals surface area contributed by atoms with E-state index in [0.717, 1.165) is 25.9 Å². The first-order valence-electron chi connectivity index (χ1n) is 9.28. The average molecular weight is 364 g/mol. The molecule has 2 amide bonds. The van der Waals surface area contributed by atoms with E-state index in [0.29, 0.717) is 36.8 Å². The Labute approximate surface area is 155 Å². The molecule has 1 N–H and O–H groups in total. The highest BCUT2D eigenvalue weighted by atomic mass is 16.6. The predicted molar refractivity (Wildman–Crippen MR) is 97.2 cm³/mol. The van der Waals surface area contributed by atoms with E-state index in [4.69, 9.17) is 9.47 Å². The van der Waals surface area contributed by atoms with E-state index in [-0.39, 0.29) is 27.5 Å². The van der Waals surface area contributed by atoms with Crippen LogP contribution in [0.1, 0.15) is 40.2 Å². The Hall–Kier alpha value is -2.12. The summed E-state index contributed by atoms with van der Waals surface area (Å²) >= 11 is 0. The predicted octanol–water partition coefficient (Wildman–Crippen LogP) is 1.60. The van der Waals surface area contributed by atoms with E-state index < -0.39 is 12.1 Å². The fourth-order valence-corrected chi connectivity index (χ4v) is 3.98. The van der Waals surface area contributed by atoms with Gasteiger partial charge in [-0.05, 0) is 43.6 Å². The zero-order valence-corrected chi connectivity index (χ0v) is 14.7. The molecule has 26 heavy (non-hydrogen) atoms. The molecule has 2 atom stereocenters. The number of benzene rings is 1. The van der Waals surface area contributed by atoms with Crippen LogP contribution in [-0.2, 0) is 9.59 Å². The van der Waals surface area contributed by atoms with E-state index in [9.17, 15) is 14.7 Å². The lowest BCUT2D eigenvalue weighted by atomic mass is 9.99. The van der Waals surface area contributed by atoms with Gasteiger partial charge in [0.05, 0.1) is 6.04 Å². The van der Waals surface area contributed by atoms with E-state index in [2.05, 4.69) is 4.90 Å². The summed E-state index contributed by atoms with van der Waals surface area (Å²) < 4.78 is 11.1. The number of aliphatic hydroxyl groups is 1. The van der Waals surface area contributed by atoms with Crippen molar-refractivity contribution in [3.8, 4) is 11.5 Å². The van der Waals surface area contributed by atoms with Crippen molar-refractivity contribution in [3.63, 3.8) is 0 Å². The molecule has 0 unspecified atom stereocenters. The standard InChI is InChI=1S/C19H24N2O5.2H2/c22-17-5-6-18(23)21(17)14(12-20-7-1-2-8-20)19(24)13-3-4-15-16(11-13)26-10-9-25-15;;/h3-4,11,14,19,24H,1-2,5-10,12H2;2*1H/t14-,19-;;/m1../s1. The Balaban J connectivity index is 0.00000140. The molecule has 0 aromatic heterocycles. The van der Waals surface area contributed by atoms with Gasteiger partial charge in [0.2, 0.25) is 11.8 Å². The molecule has 0 saturated carbocycles. The van der Waals surface area contributed by atoms with E-state index in [1.165, 1.54) is 4.90 Å². The maximum atomic E-state index is 12.3. The zero-order valence-electron chi connectivity index (χ0n) is 14.7. The van der Waals surface area contributed by atoms with Crippen molar-refractivity contribution in [3.05, 3.63) is 23.8 Å². The first kappa shape index (κ1) is 17.3. The van der Waals surface area contributed by atoms with Gasteiger partial charge in [-0.3, -0.25) is 14.5 Å². The Morgan fingerprint density at radius 1 is 1.04 bits per heavy atom. The number of rotatable bonds is 5. The van der Waals surface area contributed by atoms with E-state index in [1.54, 1.807) is 18.2 Å². The Morgan fingerprint density at radius 3 is 2.38 bits per heavy atom. The number of carbonyl (C=O) groups excluding carboxylic acids is 2. The number of likely N-dealkylation sites (tertiary alicyclic amines) is 2. The third-order valence-corrected chi connectivity index (χ3v) is 5.34. The number of hydrogen-bond acceptors (Lipinski definition) is 6. The molecule has 1 aromatic rings. The molecule has 2 saturated heterocycles. The first-order valence-corrected chi connectivity index (χ1v) is 9.28. The Morgan fingerprint density at radius 2 is 1.69 bits per heavy atom. The van der Waals surface area contributed by atoms with Crippen LogP contribution in [0, 0.1) is 0 Å². The normalized spacial score (nSPS) is 22.7. The fraction of sp³-hybridized carbons (Fsp3) is 0.579. The summed E-state index contributed by atoms with van der Waals surface area (Å²) in [5.41, 5.74) is 0.631. The summed E-state index contributed by atoms with van der Waals surface area (Å²) in [4.78, 5) is 28.1. The largest absolute Gasteiger partial charge is 0.486 e. The molecular weight excluding hydrogens is 336 g/mol. The maximum Gasteiger partial charge on any atom is 0.230 e. The minimum atomic E-state index is -0.961. The van der Waals surface area contributed by atoms with Gasteiger partial charge < -0.3 is 19.5 Å². The van der Waals surface area contributed by atoms with Crippen molar-refractivity contribution < 1.29 is 27.0 Å². The van der Waals surface area contributed by atoms with Crippen molar-refractivity contribution in [2.45, 2.75) is 37.8 Å². The van der Waals surface area contributed by atoms with Crippen LogP contribution in [0.3, 0.4) is 0 Å².